The molecule has 0 spiro atoms. The second-order valence-corrected chi connectivity index (χ2v) is 5.58. The predicted molar refractivity (Wildman–Crippen MR) is 77.0 cm³/mol. The summed E-state index contributed by atoms with van der Waals surface area (Å²) in [6, 6.07) is 3.05. The van der Waals surface area contributed by atoms with Gasteiger partial charge in [-0.2, -0.15) is 0 Å². The van der Waals surface area contributed by atoms with E-state index in [0.29, 0.717) is 11.6 Å². The zero-order valence-electron chi connectivity index (χ0n) is 12.1. The van der Waals surface area contributed by atoms with Crippen LogP contribution in [-0.4, -0.2) is 36.2 Å². The molecule has 1 saturated carbocycles. The van der Waals surface area contributed by atoms with Crippen LogP contribution in [-0.2, 0) is 4.74 Å². The molecule has 1 aromatic rings. The lowest BCUT2D eigenvalue weighted by molar-refractivity contribution is -0.384. The Hall–Kier alpha value is -1.89. The fourth-order valence-corrected chi connectivity index (χ4v) is 2.53. The van der Waals surface area contributed by atoms with E-state index in [-0.39, 0.29) is 23.2 Å². The molecule has 1 aliphatic rings. The standard InChI is InChI=1S/C13H20N4O3/c1-13(2)9(7-10(13)20-4)15-12-6-8(17(18)19)5-11(14-3)16-12/h5-6,9-10H,7H2,1-4H3,(H2,14,15,16). The van der Waals surface area contributed by atoms with Crippen molar-refractivity contribution in [1.29, 1.82) is 0 Å². The Kier molecular flexibility index (Phi) is 3.80. The highest BCUT2D eigenvalue weighted by Crippen LogP contribution is 2.44. The Morgan fingerprint density at radius 2 is 2.10 bits per heavy atom. The van der Waals surface area contributed by atoms with Crippen molar-refractivity contribution < 1.29 is 9.66 Å². The highest BCUT2D eigenvalue weighted by molar-refractivity contribution is 5.55. The van der Waals surface area contributed by atoms with Crippen molar-refractivity contribution in [3.63, 3.8) is 0 Å². The summed E-state index contributed by atoms with van der Waals surface area (Å²) in [5.41, 5.74) is -0.00631. The molecule has 1 aromatic heterocycles. The van der Waals surface area contributed by atoms with Gasteiger partial charge in [-0.05, 0) is 6.42 Å². The Morgan fingerprint density at radius 3 is 2.60 bits per heavy atom. The molecule has 2 rings (SSSR count). The molecule has 110 valence electrons. The third-order valence-electron chi connectivity index (χ3n) is 4.06. The van der Waals surface area contributed by atoms with Crippen LogP contribution in [0.4, 0.5) is 17.3 Å². The quantitative estimate of drug-likeness (QED) is 0.635. The van der Waals surface area contributed by atoms with Crippen LogP contribution >= 0.6 is 0 Å². The van der Waals surface area contributed by atoms with E-state index >= 15 is 0 Å². The van der Waals surface area contributed by atoms with Gasteiger partial charge in [0.15, 0.2) is 0 Å². The van der Waals surface area contributed by atoms with E-state index in [1.54, 1.807) is 14.2 Å². The van der Waals surface area contributed by atoms with Crippen LogP contribution < -0.4 is 10.6 Å². The maximum Gasteiger partial charge on any atom is 0.276 e. The lowest BCUT2D eigenvalue weighted by atomic mass is 9.64. The van der Waals surface area contributed by atoms with E-state index in [0.717, 1.165) is 6.42 Å². The Labute approximate surface area is 117 Å². The molecule has 0 aromatic carbocycles. The molecule has 0 amide bonds. The molecule has 2 unspecified atom stereocenters. The van der Waals surface area contributed by atoms with E-state index in [1.807, 2.05) is 0 Å². The number of nitrogens with zero attached hydrogens (tertiary/aromatic N) is 2. The summed E-state index contributed by atoms with van der Waals surface area (Å²) in [4.78, 5) is 14.8. The summed E-state index contributed by atoms with van der Waals surface area (Å²) in [5.74, 6) is 0.985. The summed E-state index contributed by atoms with van der Waals surface area (Å²) in [6.45, 7) is 4.22. The first kappa shape index (κ1) is 14.5. The van der Waals surface area contributed by atoms with E-state index < -0.39 is 4.92 Å². The fraction of sp³-hybridized carbons (Fsp3) is 0.615. The van der Waals surface area contributed by atoms with Crippen LogP contribution in [0.2, 0.25) is 0 Å². The van der Waals surface area contributed by atoms with Gasteiger partial charge in [-0.1, -0.05) is 13.8 Å². The minimum atomic E-state index is -0.419. The monoisotopic (exact) mass is 280 g/mol. The molecule has 0 aliphatic heterocycles. The maximum atomic E-state index is 10.9. The molecule has 2 atom stereocenters. The second kappa shape index (κ2) is 5.24. The number of methoxy groups -OCH3 is 1. The lowest BCUT2D eigenvalue weighted by Crippen LogP contribution is -2.57. The average molecular weight is 280 g/mol. The third-order valence-corrected chi connectivity index (χ3v) is 4.06. The van der Waals surface area contributed by atoms with Gasteiger partial charge < -0.3 is 15.4 Å². The highest BCUT2D eigenvalue weighted by Gasteiger charge is 2.48. The van der Waals surface area contributed by atoms with Crippen molar-refractivity contribution >= 4 is 17.3 Å². The van der Waals surface area contributed by atoms with E-state index in [4.69, 9.17) is 4.74 Å². The zero-order valence-corrected chi connectivity index (χ0v) is 12.1. The maximum absolute atomic E-state index is 10.9. The summed E-state index contributed by atoms with van der Waals surface area (Å²) in [5, 5.41) is 17.0. The summed E-state index contributed by atoms with van der Waals surface area (Å²) in [7, 11) is 3.39. The number of rotatable bonds is 5. The van der Waals surface area contributed by atoms with Crippen molar-refractivity contribution in [2.75, 3.05) is 24.8 Å². The van der Waals surface area contributed by atoms with Crippen LogP contribution in [0.5, 0.6) is 0 Å². The normalized spacial score (nSPS) is 23.8. The number of hydrogen-bond donors (Lipinski definition) is 2. The van der Waals surface area contributed by atoms with Crippen LogP contribution in [0.3, 0.4) is 0 Å². The van der Waals surface area contributed by atoms with Crippen LogP contribution in [0.1, 0.15) is 20.3 Å². The van der Waals surface area contributed by atoms with Crippen molar-refractivity contribution in [2.45, 2.75) is 32.4 Å². The van der Waals surface area contributed by atoms with Crippen molar-refractivity contribution in [3.8, 4) is 0 Å². The van der Waals surface area contributed by atoms with Crippen molar-refractivity contribution in [2.24, 2.45) is 5.41 Å². The zero-order chi connectivity index (χ0) is 14.9. The number of anilines is 2. The molecule has 1 heterocycles. The van der Waals surface area contributed by atoms with Gasteiger partial charge in [0.05, 0.1) is 23.2 Å². The number of nitrogens with one attached hydrogen (secondary N) is 2. The molecular formula is C13H20N4O3. The van der Waals surface area contributed by atoms with Gasteiger partial charge in [0.2, 0.25) is 0 Å². The van der Waals surface area contributed by atoms with Gasteiger partial charge >= 0.3 is 0 Å². The molecule has 0 saturated heterocycles. The van der Waals surface area contributed by atoms with Gasteiger partial charge in [-0.25, -0.2) is 4.98 Å². The summed E-state index contributed by atoms with van der Waals surface area (Å²) < 4.78 is 5.40. The van der Waals surface area contributed by atoms with Crippen LogP contribution in [0.25, 0.3) is 0 Å². The van der Waals surface area contributed by atoms with Gasteiger partial charge in [0.25, 0.3) is 5.69 Å². The number of pyridine rings is 1. The highest BCUT2D eigenvalue weighted by atomic mass is 16.6. The number of aromatic nitrogens is 1. The second-order valence-electron chi connectivity index (χ2n) is 5.58. The first-order valence-electron chi connectivity index (χ1n) is 6.52. The first-order valence-corrected chi connectivity index (χ1v) is 6.52. The molecule has 0 radical (unpaired) electrons. The van der Waals surface area contributed by atoms with Gasteiger partial charge in [-0.15, -0.1) is 0 Å². The van der Waals surface area contributed by atoms with Crippen molar-refractivity contribution in [1.82, 2.24) is 4.98 Å². The molecular weight excluding hydrogens is 260 g/mol. The number of nitro groups is 1. The molecule has 0 bridgehead atoms. The molecule has 2 N–H and O–H groups in total. The number of hydrogen-bond acceptors (Lipinski definition) is 6. The lowest BCUT2D eigenvalue weighted by Gasteiger charge is -2.51. The van der Waals surface area contributed by atoms with E-state index in [9.17, 15) is 10.1 Å². The molecule has 1 aliphatic carbocycles. The molecule has 20 heavy (non-hydrogen) atoms. The van der Waals surface area contributed by atoms with Crippen molar-refractivity contribution in [3.05, 3.63) is 22.2 Å². The Balaban J connectivity index is 2.18. The van der Waals surface area contributed by atoms with E-state index in [2.05, 4.69) is 29.5 Å². The molecule has 7 nitrogen and oxygen atoms in total. The topological polar surface area (TPSA) is 89.3 Å². The summed E-state index contributed by atoms with van der Waals surface area (Å²) >= 11 is 0. The van der Waals surface area contributed by atoms with Gasteiger partial charge in [0.1, 0.15) is 11.6 Å². The first-order chi connectivity index (χ1) is 9.38. The van der Waals surface area contributed by atoms with Gasteiger partial charge in [0, 0.05) is 25.6 Å². The summed E-state index contributed by atoms with van der Waals surface area (Å²) in [6.07, 6.45) is 1.06. The smallest absolute Gasteiger partial charge is 0.276 e. The minimum absolute atomic E-state index is 0.0206. The SMILES string of the molecule is CNc1cc([N+](=O)[O-])cc(NC2CC(OC)C2(C)C)n1. The average Bonchev–Trinajstić information content (AvgIpc) is 2.42. The fourth-order valence-electron chi connectivity index (χ4n) is 2.53. The number of ether oxygens (including phenoxy) is 1. The van der Waals surface area contributed by atoms with Gasteiger partial charge in [-0.3, -0.25) is 10.1 Å². The Bertz CT molecular complexity index is 518. The van der Waals surface area contributed by atoms with Crippen LogP contribution in [0, 0.1) is 15.5 Å². The largest absolute Gasteiger partial charge is 0.381 e. The Morgan fingerprint density at radius 1 is 1.45 bits per heavy atom. The third kappa shape index (κ3) is 2.53. The van der Waals surface area contributed by atoms with E-state index in [1.165, 1.54) is 12.1 Å². The molecule has 7 heteroatoms. The predicted octanol–water partition coefficient (Wildman–Crippen LogP) is 2.26. The molecule has 1 fully saturated rings. The minimum Gasteiger partial charge on any atom is -0.381 e. The van der Waals surface area contributed by atoms with Crippen LogP contribution in [0.15, 0.2) is 12.1 Å².